The lowest BCUT2D eigenvalue weighted by Crippen LogP contribution is -2.49. The quantitative estimate of drug-likeness (QED) is 0.751. The molecular formula is C18H34N4O2. The normalized spacial score (nSPS) is 28.4. The van der Waals surface area contributed by atoms with Crippen LogP contribution in [0.15, 0.2) is 0 Å². The van der Waals surface area contributed by atoms with Crippen molar-refractivity contribution in [3.8, 4) is 0 Å². The van der Waals surface area contributed by atoms with Gasteiger partial charge in [-0.1, -0.05) is 6.92 Å². The first-order chi connectivity index (χ1) is 11.5. The Labute approximate surface area is 146 Å². The molecular weight excluding hydrogens is 304 g/mol. The minimum atomic E-state index is -0.0149. The average Bonchev–Trinajstić information content (AvgIpc) is 2.60. The van der Waals surface area contributed by atoms with Gasteiger partial charge in [0.2, 0.25) is 11.8 Å². The molecule has 6 nitrogen and oxygen atoms in total. The zero-order valence-electron chi connectivity index (χ0n) is 15.3. The van der Waals surface area contributed by atoms with Crippen LogP contribution < -0.4 is 11.1 Å². The predicted molar refractivity (Wildman–Crippen MR) is 95.4 cm³/mol. The van der Waals surface area contributed by atoms with Crippen molar-refractivity contribution in [2.75, 3.05) is 39.8 Å². The second-order valence-electron chi connectivity index (χ2n) is 7.57. The highest BCUT2D eigenvalue weighted by Gasteiger charge is 2.29. The minimum Gasteiger partial charge on any atom is -0.355 e. The second kappa shape index (κ2) is 9.37. The van der Waals surface area contributed by atoms with Gasteiger partial charge in [-0.2, -0.15) is 0 Å². The molecule has 1 heterocycles. The van der Waals surface area contributed by atoms with Crippen LogP contribution in [0.5, 0.6) is 0 Å². The summed E-state index contributed by atoms with van der Waals surface area (Å²) in [7, 11) is 1.94. The monoisotopic (exact) mass is 338 g/mol. The van der Waals surface area contributed by atoms with Gasteiger partial charge in [-0.15, -0.1) is 0 Å². The van der Waals surface area contributed by atoms with E-state index >= 15 is 0 Å². The summed E-state index contributed by atoms with van der Waals surface area (Å²) < 4.78 is 0. The highest BCUT2D eigenvalue weighted by molar-refractivity contribution is 5.80. The van der Waals surface area contributed by atoms with Crippen molar-refractivity contribution in [2.24, 2.45) is 17.6 Å². The first-order valence-corrected chi connectivity index (χ1v) is 9.47. The standard InChI is InChI=1S/C18H34N4O2/c1-14-5-7-16(8-6-14)21(2)17(23)13-22-11-3-4-15(12-22)18(24)20-10-9-19/h14-16H,3-13,19H2,1-2H3,(H,20,24). The first kappa shape index (κ1) is 19.2. The Hall–Kier alpha value is -1.14. The Morgan fingerprint density at radius 2 is 1.92 bits per heavy atom. The van der Waals surface area contributed by atoms with Gasteiger partial charge in [-0.25, -0.2) is 0 Å². The van der Waals surface area contributed by atoms with E-state index in [1.54, 1.807) is 0 Å². The summed E-state index contributed by atoms with van der Waals surface area (Å²) in [6.07, 6.45) is 6.54. The molecule has 3 N–H and O–H groups in total. The zero-order valence-corrected chi connectivity index (χ0v) is 15.3. The Bertz CT molecular complexity index is 421. The molecule has 0 spiro atoms. The predicted octanol–water partition coefficient (Wildman–Crippen LogP) is 0.810. The van der Waals surface area contributed by atoms with Crippen molar-refractivity contribution < 1.29 is 9.59 Å². The molecule has 1 saturated heterocycles. The third-order valence-electron chi connectivity index (χ3n) is 5.61. The molecule has 2 fully saturated rings. The summed E-state index contributed by atoms with van der Waals surface area (Å²) in [6, 6.07) is 0.391. The van der Waals surface area contributed by atoms with Crippen LogP contribution in [0.3, 0.4) is 0 Å². The number of likely N-dealkylation sites (tertiary alicyclic amines) is 1. The number of hydrogen-bond acceptors (Lipinski definition) is 4. The van der Waals surface area contributed by atoms with E-state index in [0.29, 0.717) is 32.2 Å². The lowest BCUT2D eigenvalue weighted by Gasteiger charge is -2.36. The Kier molecular flexibility index (Phi) is 7.49. The number of piperidine rings is 1. The average molecular weight is 338 g/mol. The summed E-state index contributed by atoms with van der Waals surface area (Å²) in [5.41, 5.74) is 5.44. The first-order valence-electron chi connectivity index (χ1n) is 9.47. The smallest absolute Gasteiger partial charge is 0.236 e. The van der Waals surface area contributed by atoms with Crippen molar-refractivity contribution >= 4 is 11.8 Å². The van der Waals surface area contributed by atoms with E-state index in [1.165, 1.54) is 12.8 Å². The van der Waals surface area contributed by atoms with Crippen LogP contribution in [0.2, 0.25) is 0 Å². The molecule has 0 aromatic rings. The van der Waals surface area contributed by atoms with Gasteiger partial charge in [0.05, 0.1) is 12.5 Å². The van der Waals surface area contributed by atoms with Crippen LogP contribution in [0.1, 0.15) is 45.4 Å². The minimum absolute atomic E-state index is 0.0149. The molecule has 1 aliphatic heterocycles. The third kappa shape index (κ3) is 5.45. The van der Waals surface area contributed by atoms with E-state index < -0.39 is 0 Å². The Balaban J connectivity index is 1.79. The molecule has 24 heavy (non-hydrogen) atoms. The van der Waals surface area contributed by atoms with E-state index in [9.17, 15) is 9.59 Å². The van der Waals surface area contributed by atoms with Crippen LogP contribution in [0.4, 0.5) is 0 Å². The van der Waals surface area contributed by atoms with Gasteiger partial charge in [-0.05, 0) is 51.0 Å². The maximum absolute atomic E-state index is 12.6. The van der Waals surface area contributed by atoms with E-state index in [1.807, 2.05) is 11.9 Å². The Morgan fingerprint density at radius 1 is 1.21 bits per heavy atom. The topological polar surface area (TPSA) is 78.7 Å². The van der Waals surface area contributed by atoms with Crippen LogP contribution in [0.25, 0.3) is 0 Å². The molecule has 1 aliphatic carbocycles. The highest BCUT2D eigenvalue weighted by Crippen LogP contribution is 2.26. The molecule has 1 atom stereocenters. The molecule has 1 unspecified atom stereocenters. The van der Waals surface area contributed by atoms with Crippen molar-refractivity contribution in [3.05, 3.63) is 0 Å². The summed E-state index contributed by atoms with van der Waals surface area (Å²) >= 11 is 0. The lowest BCUT2D eigenvalue weighted by atomic mass is 9.87. The van der Waals surface area contributed by atoms with Crippen LogP contribution in [0, 0.1) is 11.8 Å². The Morgan fingerprint density at radius 3 is 2.58 bits per heavy atom. The van der Waals surface area contributed by atoms with Gasteiger partial charge >= 0.3 is 0 Å². The number of rotatable bonds is 6. The fraction of sp³-hybridized carbons (Fsp3) is 0.889. The van der Waals surface area contributed by atoms with Crippen LogP contribution in [-0.2, 0) is 9.59 Å². The van der Waals surface area contributed by atoms with Gasteiger partial charge < -0.3 is 16.0 Å². The van der Waals surface area contributed by atoms with Gasteiger partial charge in [0.15, 0.2) is 0 Å². The van der Waals surface area contributed by atoms with E-state index in [0.717, 1.165) is 38.1 Å². The maximum Gasteiger partial charge on any atom is 0.236 e. The molecule has 0 radical (unpaired) electrons. The van der Waals surface area contributed by atoms with Crippen LogP contribution in [-0.4, -0.2) is 67.4 Å². The number of carbonyl (C=O) groups is 2. The fourth-order valence-corrected chi connectivity index (χ4v) is 3.89. The fourth-order valence-electron chi connectivity index (χ4n) is 3.89. The molecule has 1 saturated carbocycles. The van der Waals surface area contributed by atoms with Gasteiger partial charge in [0, 0.05) is 32.7 Å². The number of hydrogen-bond donors (Lipinski definition) is 2. The molecule has 0 aromatic carbocycles. The molecule has 2 amide bonds. The maximum atomic E-state index is 12.6. The largest absolute Gasteiger partial charge is 0.355 e. The van der Waals surface area contributed by atoms with Crippen molar-refractivity contribution in [1.82, 2.24) is 15.1 Å². The van der Waals surface area contributed by atoms with Gasteiger partial charge in [-0.3, -0.25) is 14.5 Å². The van der Waals surface area contributed by atoms with Gasteiger partial charge in [0.1, 0.15) is 0 Å². The number of nitrogens with two attached hydrogens (primary N) is 1. The van der Waals surface area contributed by atoms with Crippen molar-refractivity contribution in [1.29, 1.82) is 0 Å². The molecule has 2 rings (SSSR count). The second-order valence-corrected chi connectivity index (χ2v) is 7.57. The number of carbonyl (C=O) groups excluding carboxylic acids is 2. The number of amides is 2. The van der Waals surface area contributed by atoms with Crippen molar-refractivity contribution in [3.63, 3.8) is 0 Å². The third-order valence-corrected chi connectivity index (χ3v) is 5.61. The zero-order chi connectivity index (χ0) is 17.5. The summed E-state index contributed by atoms with van der Waals surface area (Å²) in [5.74, 6) is 1.04. The SMILES string of the molecule is CC1CCC(N(C)C(=O)CN2CCCC(C(=O)NCCN)C2)CC1. The molecule has 138 valence electrons. The lowest BCUT2D eigenvalue weighted by molar-refractivity contribution is -0.136. The summed E-state index contributed by atoms with van der Waals surface area (Å²) in [6.45, 7) is 5.30. The highest BCUT2D eigenvalue weighted by atomic mass is 16.2. The number of nitrogens with zero attached hydrogens (tertiary/aromatic N) is 2. The summed E-state index contributed by atoms with van der Waals surface area (Å²) in [5, 5.41) is 2.87. The molecule has 6 heteroatoms. The van der Waals surface area contributed by atoms with Gasteiger partial charge in [0.25, 0.3) is 0 Å². The number of nitrogens with one attached hydrogen (secondary N) is 1. The molecule has 0 aromatic heterocycles. The molecule has 2 aliphatic rings. The van der Waals surface area contributed by atoms with Crippen LogP contribution >= 0.6 is 0 Å². The van der Waals surface area contributed by atoms with E-state index in [4.69, 9.17) is 5.73 Å². The number of likely N-dealkylation sites (N-methyl/N-ethyl adjacent to an activating group) is 1. The summed E-state index contributed by atoms with van der Waals surface area (Å²) in [4.78, 5) is 28.8. The molecule has 0 bridgehead atoms. The van der Waals surface area contributed by atoms with E-state index in [-0.39, 0.29) is 17.7 Å². The van der Waals surface area contributed by atoms with Crippen molar-refractivity contribution in [2.45, 2.75) is 51.5 Å². The van der Waals surface area contributed by atoms with E-state index in [2.05, 4.69) is 17.1 Å².